The molecule has 0 spiro atoms. The highest BCUT2D eigenvalue weighted by atomic mass is 127. The lowest BCUT2D eigenvalue weighted by atomic mass is 9.85. The normalized spacial score (nSPS) is 12.8. The summed E-state index contributed by atoms with van der Waals surface area (Å²) >= 11 is 9.47. The first kappa shape index (κ1) is 23.6. The molecule has 0 aliphatic carbocycles. The Morgan fingerprint density at radius 2 is 0.846 bits per heavy atom. The molecule has 2 aromatic carbocycles. The molecular formula is C21H24I4O. The van der Waals surface area contributed by atoms with Crippen LogP contribution in [0.4, 0.5) is 0 Å². The summed E-state index contributed by atoms with van der Waals surface area (Å²) in [6.45, 7) is 13.3. The van der Waals surface area contributed by atoms with Crippen molar-refractivity contribution < 1.29 is 5.11 Å². The maximum Gasteiger partial charge on any atom is 0.108 e. The van der Waals surface area contributed by atoms with E-state index in [1.807, 2.05) is 0 Å². The number of benzene rings is 2. The van der Waals surface area contributed by atoms with E-state index in [2.05, 4.69) is 156 Å². The van der Waals surface area contributed by atoms with Crippen molar-refractivity contribution in [3.8, 4) is 0 Å². The minimum absolute atomic E-state index is 0.0977. The zero-order valence-corrected chi connectivity index (χ0v) is 24.5. The van der Waals surface area contributed by atoms with Crippen LogP contribution in [0.2, 0.25) is 0 Å². The highest BCUT2D eigenvalue weighted by Gasteiger charge is 2.26. The largest absolute Gasteiger partial charge is 0.384 e. The first-order chi connectivity index (χ1) is 11.7. The molecule has 5 heteroatoms. The van der Waals surface area contributed by atoms with Gasteiger partial charge in [0.15, 0.2) is 0 Å². The SMILES string of the molecule is CC(C)(C)c1cc(I)c(C(O)c2c(I)cc(C(C)(C)C)cc2I)c(I)c1. The van der Waals surface area contributed by atoms with Crippen molar-refractivity contribution in [1.29, 1.82) is 0 Å². The second-order valence-corrected chi connectivity index (χ2v) is 13.3. The van der Waals surface area contributed by atoms with Crippen molar-refractivity contribution in [2.45, 2.75) is 58.5 Å². The topological polar surface area (TPSA) is 20.2 Å². The summed E-state index contributed by atoms with van der Waals surface area (Å²) in [4.78, 5) is 0. The molecule has 0 aliphatic rings. The molecule has 0 radical (unpaired) electrons. The van der Waals surface area contributed by atoms with E-state index < -0.39 is 6.10 Å². The smallest absolute Gasteiger partial charge is 0.108 e. The second kappa shape index (κ2) is 8.59. The van der Waals surface area contributed by atoms with Crippen LogP contribution in [0.1, 0.15) is 69.9 Å². The van der Waals surface area contributed by atoms with Gasteiger partial charge in [0, 0.05) is 25.4 Å². The fraction of sp³-hybridized carbons (Fsp3) is 0.429. The van der Waals surface area contributed by atoms with Crippen molar-refractivity contribution in [2.24, 2.45) is 0 Å². The molecular weight excluding hydrogens is 776 g/mol. The molecule has 0 fully saturated rings. The summed E-state index contributed by atoms with van der Waals surface area (Å²) in [5.41, 5.74) is 4.82. The van der Waals surface area contributed by atoms with Crippen molar-refractivity contribution in [3.05, 3.63) is 60.8 Å². The van der Waals surface area contributed by atoms with Crippen LogP contribution < -0.4 is 0 Å². The number of aliphatic hydroxyl groups is 1. The van der Waals surface area contributed by atoms with E-state index in [0.717, 1.165) is 25.4 Å². The maximum absolute atomic E-state index is 11.3. The van der Waals surface area contributed by atoms with Gasteiger partial charge < -0.3 is 5.11 Å². The number of rotatable bonds is 2. The van der Waals surface area contributed by atoms with Gasteiger partial charge in [-0.2, -0.15) is 0 Å². The lowest BCUT2D eigenvalue weighted by Crippen LogP contribution is -2.16. The third kappa shape index (κ3) is 5.27. The molecule has 0 bridgehead atoms. The van der Waals surface area contributed by atoms with Gasteiger partial charge >= 0.3 is 0 Å². The molecule has 0 unspecified atom stereocenters. The molecule has 0 heterocycles. The molecule has 1 nitrogen and oxygen atoms in total. The average molecular weight is 800 g/mol. The summed E-state index contributed by atoms with van der Waals surface area (Å²) in [5.74, 6) is 0. The van der Waals surface area contributed by atoms with Crippen LogP contribution >= 0.6 is 90.4 Å². The van der Waals surface area contributed by atoms with Gasteiger partial charge in [0.2, 0.25) is 0 Å². The van der Waals surface area contributed by atoms with Crippen molar-refractivity contribution >= 4 is 90.4 Å². The second-order valence-electron chi connectivity index (χ2n) is 8.61. The fourth-order valence-electron chi connectivity index (χ4n) is 2.70. The highest BCUT2D eigenvalue weighted by molar-refractivity contribution is 14.1. The Morgan fingerprint density at radius 1 is 0.615 bits per heavy atom. The number of hydrogen-bond acceptors (Lipinski definition) is 1. The van der Waals surface area contributed by atoms with E-state index in [0.29, 0.717) is 0 Å². The summed E-state index contributed by atoms with van der Waals surface area (Å²) in [7, 11) is 0. The predicted octanol–water partition coefficient (Wildman–Crippen LogP) is 7.78. The molecule has 142 valence electrons. The highest BCUT2D eigenvalue weighted by Crippen LogP contribution is 2.39. The molecule has 0 aromatic heterocycles. The molecule has 2 aromatic rings. The molecule has 0 saturated carbocycles. The van der Waals surface area contributed by atoms with Gasteiger partial charge in [0.1, 0.15) is 6.10 Å². The molecule has 2 rings (SSSR count). The van der Waals surface area contributed by atoms with E-state index in [1.165, 1.54) is 11.1 Å². The third-order valence-corrected chi connectivity index (χ3v) is 8.01. The van der Waals surface area contributed by atoms with E-state index in [1.54, 1.807) is 0 Å². The first-order valence-corrected chi connectivity index (χ1v) is 12.7. The lowest BCUT2D eigenvalue weighted by Gasteiger charge is -2.25. The van der Waals surface area contributed by atoms with Crippen molar-refractivity contribution in [1.82, 2.24) is 0 Å². The Kier molecular flexibility index (Phi) is 7.80. The monoisotopic (exact) mass is 800 g/mol. The van der Waals surface area contributed by atoms with Crippen LogP contribution in [0, 0.1) is 14.3 Å². The van der Waals surface area contributed by atoms with E-state index >= 15 is 0 Å². The zero-order chi connectivity index (χ0) is 20.0. The summed E-state index contributed by atoms with van der Waals surface area (Å²) < 4.78 is 4.49. The summed E-state index contributed by atoms with van der Waals surface area (Å²) in [5, 5.41) is 11.3. The predicted molar refractivity (Wildman–Crippen MR) is 145 cm³/mol. The summed E-state index contributed by atoms with van der Waals surface area (Å²) in [6, 6.07) is 8.85. The van der Waals surface area contributed by atoms with Gasteiger partial charge in [-0.15, -0.1) is 0 Å². The van der Waals surface area contributed by atoms with E-state index in [9.17, 15) is 5.11 Å². The summed E-state index contributed by atoms with van der Waals surface area (Å²) in [6.07, 6.45) is -0.615. The van der Waals surface area contributed by atoms with Crippen LogP contribution in [0.5, 0.6) is 0 Å². The molecule has 26 heavy (non-hydrogen) atoms. The maximum atomic E-state index is 11.3. The zero-order valence-electron chi connectivity index (χ0n) is 15.8. The quantitative estimate of drug-likeness (QED) is 0.308. The van der Waals surface area contributed by atoms with Gasteiger partial charge in [0.05, 0.1) is 0 Å². The standard InChI is InChI=1S/C21H24I4O/c1-20(2,3)11-7-13(22)17(14(23)8-11)19(26)18-15(24)9-12(10-16(18)25)21(4,5)6/h7-10,19,26H,1-6H3. The third-order valence-electron chi connectivity index (χ3n) is 4.44. The number of aliphatic hydroxyl groups excluding tert-OH is 1. The molecule has 0 saturated heterocycles. The molecule has 1 N–H and O–H groups in total. The lowest BCUT2D eigenvalue weighted by molar-refractivity contribution is 0.216. The van der Waals surface area contributed by atoms with Crippen LogP contribution in [-0.4, -0.2) is 5.11 Å². The van der Waals surface area contributed by atoms with Crippen LogP contribution in [0.25, 0.3) is 0 Å². The number of hydrogen-bond donors (Lipinski definition) is 1. The van der Waals surface area contributed by atoms with E-state index in [4.69, 9.17) is 0 Å². The Balaban J connectivity index is 2.59. The minimum Gasteiger partial charge on any atom is -0.384 e. The van der Waals surface area contributed by atoms with Crippen molar-refractivity contribution in [3.63, 3.8) is 0 Å². The van der Waals surface area contributed by atoms with Gasteiger partial charge in [-0.05, 0) is 137 Å². The van der Waals surface area contributed by atoms with E-state index in [-0.39, 0.29) is 10.8 Å². The van der Waals surface area contributed by atoms with Gasteiger partial charge in [-0.25, -0.2) is 0 Å². The Labute approximate surface area is 212 Å². The van der Waals surface area contributed by atoms with Crippen LogP contribution in [0.15, 0.2) is 24.3 Å². The molecule has 0 amide bonds. The minimum atomic E-state index is -0.615. The fourth-order valence-corrected chi connectivity index (χ4v) is 7.42. The Hall–Kier alpha value is 1.32. The van der Waals surface area contributed by atoms with Gasteiger partial charge in [0.25, 0.3) is 0 Å². The Bertz CT molecular complexity index is 713. The van der Waals surface area contributed by atoms with Crippen molar-refractivity contribution in [2.75, 3.05) is 0 Å². The first-order valence-electron chi connectivity index (χ1n) is 8.40. The number of halogens is 4. The van der Waals surface area contributed by atoms with Gasteiger partial charge in [-0.3, -0.25) is 0 Å². The Morgan fingerprint density at radius 3 is 1.04 bits per heavy atom. The van der Waals surface area contributed by atoms with Gasteiger partial charge in [-0.1, -0.05) is 41.5 Å². The molecule has 0 atom stereocenters. The molecule has 0 aliphatic heterocycles. The van der Waals surface area contributed by atoms with Crippen LogP contribution in [-0.2, 0) is 10.8 Å². The average Bonchev–Trinajstić information content (AvgIpc) is 2.43. The van der Waals surface area contributed by atoms with Crippen LogP contribution in [0.3, 0.4) is 0 Å².